The van der Waals surface area contributed by atoms with Crippen molar-refractivity contribution in [1.82, 2.24) is 0 Å². The minimum absolute atomic E-state index is 0.426. The Morgan fingerprint density at radius 3 is 2.33 bits per heavy atom. The molecule has 2 atom stereocenters. The molecule has 0 aromatic heterocycles. The van der Waals surface area contributed by atoms with E-state index in [1.54, 1.807) is 0 Å². The molecule has 0 aromatic rings. The molecule has 0 aromatic carbocycles. The zero-order valence-corrected chi connectivity index (χ0v) is 6.18. The number of rotatable bonds is 2. The monoisotopic (exact) mass is 126 g/mol. The van der Waals surface area contributed by atoms with E-state index in [0.717, 1.165) is 12.8 Å². The molecule has 0 spiro atoms. The van der Waals surface area contributed by atoms with E-state index in [0.29, 0.717) is 17.6 Å². The van der Waals surface area contributed by atoms with Crippen molar-refractivity contribution in [2.24, 2.45) is 11.8 Å². The van der Waals surface area contributed by atoms with Gasteiger partial charge in [0.15, 0.2) is 0 Å². The lowest BCUT2D eigenvalue weighted by Gasteiger charge is -2.32. The van der Waals surface area contributed by atoms with E-state index in [1.807, 2.05) is 6.92 Å². The van der Waals surface area contributed by atoms with Gasteiger partial charge in [-0.25, -0.2) is 0 Å². The Kier molecular flexibility index (Phi) is 1.89. The third-order valence-corrected chi connectivity index (χ3v) is 2.38. The highest BCUT2D eigenvalue weighted by Crippen LogP contribution is 2.34. The normalized spacial score (nSPS) is 33.6. The second kappa shape index (κ2) is 2.51. The molecule has 0 N–H and O–H groups in total. The van der Waals surface area contributed by atoms with E-state index in [9.17, 15) is 4.79 Å². The Hall–Kier alpha value is -0.330. The van der Waals surface area contributed by atoms with Gasteiger partial charge in [0, 0.05) is 12.3 Å². The molecule has 1 saturated carbocycles. The molecule has 1 aliphatic carbocycles. The van der Waals surface area contributed by atoms with Gasteiger partial charge in [-0.3, -0.25) is 4.79 Å². The zero-order chi connectivity index (χ0) is 6.85. The lowest BCUT2D eigenvalue weighted by atomic mass is 9.72. The maximum atomic E-state index is 11.0. The second-order valence-electron chi connectivity index (χ2n) is 2.98. The maximum Gasteiger partial charge on any atom is 0.135 e. The van der Waals surface area contributed by atoms with E-state index < -0.39 is 0 Å². The van der Waals surface area contributed by atoms with Crippen LogP contribution in [0.4, 0.5) is 0 Å². The summed E-state index contributed by atoms with van der Waals surface area (Å²) in [6.07, 6.45) is 3.14. The summed E-state index contributed by atoms with van der Waals surface area (Å²) in [5.74, 6) is 1.57. The molecule has 0 bridgehead atoms. The number of carbonyl (C=O) groups is 1. The lowest BCUT2D eigenvalue weighted by molar-refractivity contribution is -0.127. The maximum absolute atomic E-state index is 11.0. The van der Waals surface area contributed by atoms with E-state index >= 15 is 0 Å². The van der Waals surface area contributed by atoms with Crippen LogP contribution in [-0.2, 0) is 4.79 Å². The van der Waals surface area contributed by atoms with Crippen molar-refractivity contribution in [2.45, 2.75) is 33.1 Å². The van der Waals surface area contributed by atoms with Crippen LogP contribution in [0.25, 0.3) is 0 Å². The summed E-state index contributed by atoms with van der Waals surface area (Å²) in [5.41, 5.74) is 0. The average Bonchev–Trinajstić information content (AvgIpc) is 1.84. The van der Waals surface area contributed by atoms with Crippen LogP contribution in [-0.4, -0.2) is 5.78 Å². The Balaban J connectivity index is 2.35. The lowest BCUT2D eigenvalue weighted by Crippen LogP contribution is -2.30. The fourth-order valence-corrected chi connectivity index (χ4v) is 1.41. The first-order valence-corrected chi connectivity index (χ1v) is 3.78. The predicted octanol–water partition coefficient (Wildman–Crippen LogP) is 2.01. The molecule has 52 valence electrons. The molecule has 1 rings (SSSR count). The molecule has 0 aliphatic heterocycles. The Labute approximate surface area is 56.4 Å². The van der Waals surface area contributed by atoms with Crippen molar-refractivity contribution in [3.05, 3.63) is 0 Å². The zero-order valence-electron chi connectivity index (χ0n) is 6.18. The van der Waals surface area contributed by atoms with Crippen LogP contribution < -0.4 is 0 Å². The Morgan fingerprint density at radius 1 is 1.56 bits per heavy atom. The molecule has 0 amide bonds. The van der Waals surface area contributed by atoms with Crippen LogP contribution in [0.2, 0.25) is 0 Å². The first kappa shape index (κ1) is 6.79. The standard InChI is InChI=1S/C8H14O/c1-3-8(9)7-5-4-6(7)2/h6-7H,3-5H2,1-2H3/t6-,7?/m1/s1. The van der Waals surface area contributed by atoms with Crippen LogP contribution in [0.3, 0.4) is 0 Å². The van der Waals surface area contributed by atoms with Gasteiger partial charge in [-0.1, -0.05) is 13.8 Å². The molecule has 1 nitrogen and oxygen atoms in total. The van der Waals surface area contributed by atoms with E-state index in [1.165, 1.54) is 6.42 Å². The molecular formula is C8H14O. The highest BCUT2D eigenvalue weighted by Gasteiger charge is 2.31. The summed E-state index contributed by atoms with van der Waals surface area (Å²) < 4.78 is 0. The smallest absolute Gasteiger partial charge is 0.135 e. The Bertz CT molecular complexity index is 118. The summed E-state index contributed by atoms with van der Waals surface area (Å²) in [6, 6.07) is 0. The topological polar surface area (TPSA) is 17.1 Å². The Morgan fingerprint density at radius 2 is 2.22 bits per heavy atom. The predicted molar refractivity (Wildman–Crippen MR) is 37.2 cm³/mol. The van der Waals surface area contributed by atoms with Gasteiger partial charge in [0.25, 0.3) is 0 Å². The van der Waals surface area contributed by atoms with E-state index in [-0.39, 0.29) is 0 Å². The van der Waals surface area contributed by atoms with Crippen molar-refractivity contribution in [3.63, 3.8) is 0 Å². The largest absolute Gasteiger partial charge is 0.299 e. The highest BCUT2D eigenvalue weighted by atomic mass is 16.1. The van der Waals surface area contributed by atoms with E-state index in [4.69, 9.17) is 0 Å². The van der Waals surface area contributed by atoms with Crippen LogP contribution in [0.1, 0.15) is 33.1 Å². The summed E-state index contributed by atoms with van der Waals surface area (Å²) in [5, 5.41) is 0. The molecule has 0 saturated heterocycles. The van der Waals surface area contributed by atoms with Gasteiger partial charge in [0.2, 0.25) is 0 Å². The van der Waals surface area contributed by atoms with Crippen LogP contribution >= 0.6 is 0 Å². The highest BCUT2D eigenvalue weighted by molar-refractivity contribution is 5.81. The molecular weight excluding hydrogens is 112 g/mol. The quantitative estimate of drug-likeness (QED) is 0.553. The molecule has 1 heteroatoms. The minimum atomic E-state index is 0.426. The number of hydrogen-bond acceptors (Lipinski definition) is 1. The summed E-state index contributed by atoms with van der Waals surface area (Å²) in [4.78, 5) is 11.0. The van der Waals surface area contributed by atoms with Gasteiger partial charge in [-0.05, 0) is 18.8 Å². The van der Waals surface area contributed by atoms with Gasteiger partial charge < -0.3 is 0 Å². The number of carbonyl (C=O) groups excluding carboxylic acids is 1. The van der Waals surface area contributed by atoms with Gasteiger partial charge in [0.1, 0.15) is 5.78 Å². The van der Waals surface area contributed by atoms with Crippen molar-refractivity contribution in [1.29, 1.82) is 0 Å². The first-order valence-electron chi connectivity index (χ1n) is 3.78. The van der Waals surface area contributed by atoms with Gasteiger partial charge in [-0.2, -0.15) is 0 Å². The number of Topliss-reactive ketones (excluding diaryl/α,β-unsaturated/α-hetero) is 1. The van der Waals surface area contributed by atoms with Crippen molar-refractivity contribution in [3.8, 4) is 0 Å². The second-order valence-corrected chi connectivity index (χ2v) is 2.98. The SMILES string of the molecule is CCC(=O)C1CC[C@H]1C. The molecule has 0 radical (unpaired) electrons. The van der Waals surface area contributed by atoms with Crippen LogP contribution in [0.15, 0.2) is 0 Å². The number of ketones is 1. The molecule has 9 heavy (non-hydrogen) atoms. The summed E-state index contributed by atoms with van der Waals surface area (Å²) in [6.45, 7) is 4.12. The third-order valence-electron chi connectivity index (χ3n) is 2.38. The molecule has 1 aliphatic rings. The van der Waals surface area contributed by atoms with Gasteiger partial charge >= 0.3 is 0 Å². The summed E-state index contributed by atoms with van der Waals surface area (Å²) in [7, 11) is 0. The van der Waals surface area contributed by atoms with Crippen LogP contribution in [0, 0.1) is 11.8 Å². The van der Waals surface area contributed by atoms with E-state index in [2.05, 4.69) is 6.92 Å². The molecule has 0 heterocycles. The molecule has 1 fully saturated rings. The first-order chi connectivity index (χ1) is 4.25. The number of hydrogen-bond donors (Lipinski definition) is 0. The van der Waals surface area contributed by atoms with Gasteiger partial charge in [-0.15, -0.1) is 0 Å². The third kappa shape index (κ3) is 1.15. The minimum Gasteiger partial charge on any atom is -0.299 e. The van der Waals surface area contributed by atoms with Crippen molar-refractivity contribution < 1.29 is 4.79 Å². The van der Waals surface area contributed by atoms with Gasteiger partial charge in [0.05, 0.1) is 0 Å². The molecule has 1 unspecified atom stereocenters. The summed E-state index contributed by atoms with van der Waals surface area (Å²) >= 11 is 0. The van der Waals surface area contributed by atoms with Crippen molar-refractivity contribution >= 4 is 5.78 Å². The van der Waals surface area contributed by atoms with Crippen LogP contribution in [0.5, 0.6) is 0 Å². The fourth-order valence-electron chi connectivity index (χ4n) is 1.41. The fraction of sp³-hybridized carbons (Fsp3) is 0.875. The van der Waals surface area contributed by atoms with Crippen molar-refractivity contribution in [2.75, 3.05) is 0 Å². The average molecular weight is 126 g/mol.